The molecule has 0 amide bonds. The third kappa shape index (κ3) is 3.34. The molecule has 96 valence electrons. The molecule has 18 heavy (non-hydrogen) atoms. The minimum atomic E-state index is 0.625. The van der Waals surface area contributed by atoms with Crippen molar-refractivity contribution in [1.82, 2.24) is 10.5 Å². The predicted molar refractivity (Wildman–Crippen MR) is 73.5 cm³/mol. The van der Waals surface area contributed by atoms with E-state index in [1.54, 1.807) is 6.20 Å². The molecule has 1 aromatic heterocycles. The molecule has 0 fully saturated rings. The number of nitrogens with one attached hydrogen (secondary N) is 1. The Balaban J connectivity index is 2.12. The summed E-state index contributed by atoms with van der Waals surface area (Å²) in [7, 11) is 0. The largest absolute Gasteiger partial charge is 0.356 e. The summed E-state index contributed by atoms with van der Waals surface area (Å²) in [5.74, 6) is 1.41. The molecule has 2 rings (SSSR count). The van der Waals surface area contributed by atoms with Gasteiger partial charge in [0.05, 0.1) is 6.20 Å². The van der Waals surface area contributed by atoms with E-state index < -0.39 is 0 Å². The second kappa shape index (κ2) is 6.03. The fraction of sp³-hybridized carbons (Fsp3) is 0.357. The van der Waals surface area contributed by atoms with Gasteiger partial charge >= 0.3 is 0 Å². The zero-order chi connectivity index (χ0) is 13.0. The Labute approximate surface area is 112 Å². The lowest BCUT2D eigenvalue weighted by atomic mass is 10.1. The van der Waals surface area contributed by atoms with Crippen molar-refractivity contribution >= 4 is 11.6 Å². The third-order valence-electron chi connectivity index (χ3n) is 2.60. The summed E-state index contributed by atoms with van der Waals surface area (Å²) in [4.78, 5) is 0. The first kappa shape index (κ1) is 13.1. The summed E-state index contributed by atoms with van der Waals surface area (Å²) >= 11 is 5.98. The summed E-state index contributed by atoms with van der Waals surface area (Å²) < 4.78 is 5.31. The van der Waals surface area contributed by atoms with Gasteiger partial charge < -0.3 is 9.84 Å². The minimum Gasteiger partial charge on any atom is -0.356 e. The Morgan fingerprint density at radius 1 is 1.39 bits per heavy atom. The second-order valence-electron chi connectivity index (χ2n) is 4.72. The molecule has 0 unspecified atom stereocenters. The van der Waals surface area contributed by atoms with E-state index >= 15 is 0 Å². The normalized spacial score (nSPS) is 11.1. The molecule has 1 aromatic carbocycles. The maximum absolute atomic E-state index is 5.98. The molecule has 0 aliphatic heterocycles. The van der Waals surface area contributed by atoms with Crippen molar-refractivity contribution in [3.63, 3.8) is 0 Å². The van der Waals surface area contributed by atoms with E-state index in [4.69, 9.17) is 16.1 Å². The van der Waals surface area contributed by atoms with Gasteiger partial charge in [0.15, 0.2) is 5.76 Å². The first-order valence-electron chi connectivity index (χ1n) is 6.07. The van der Waals surface area contributed by atoms with Crippen LogP contribution in [0.15, 0.2) is 35.0 Å². The van der Waals surface area contributed by atoms with Gasteiger partial charge in [-0.25, -0.2) is 0 Å². The first-order valence-corrected chi connectivity index (χ1v) is 6.45. The van der Waals surface area contributed by atoms with Crippen molar-refractivity contribution in [1.29, 1.82) is 0 Å². The smallest absolute Gasteiger partial charge is 0.171 e. The highest BCUT2D eigenvalue weighted by atomic mass is 35.5. The van der Waals surface area contributed by atoms with Gasteiger partial charge in [0.2, 0.25) is 0 Å². The second-order valence-corrected chi connectivity index (χ2v) is 5.15. The van der Waals surface area contributed by atoms with E-state index in [1.807, 2.05) is 24.3 Å². The summed E-state index contributed by atoms with van der Waals surface area (Å²) in [6, 6.07) is 7.61. The highest BCUT2D eigenvalue weighted by Gasteiger charge is 2.10. The van der Waals surface area contributed by atoms with Crippen LogP contribution in [0.25, 0.3) is 11.3 Å². The lowest BCUT2D eigenvalue weighted by Crippen LogP contribution is -2.18. The Morgan fingerprint density at radius 3 is 2.94 bits per heavy atom. The van der Waals surface area contributed by atoms with E-state index in [-0.39, 0.29) is 0 Å². The number of rotatable bonds is 5. The lowest BCUT2D eigenvalue weighted by Gasteiger charge is -2.06. The molecule has 0 atom stereocenters. The van der Waals surface area contributed by atoms with E-state index in [0.717, 1.165) is 30.0 Å². The highest BCUT2D eigenvalue weighted by Crippen LogP contribution is 2.25. The summed E-state index contributed by atoms with van der Waals surface area (Å²) in [6.45, 7) is 6.08. The number of hydrogen-bond acceptors (Lipinski definition) is 3. The number of aromatic nitrogens is 1. The molecule has 0 aliphatic carbocycles. The summed E-state index contributed by atoms with van der Waals surface area (Å²) in [6.07, 6.45) is 1.75. The fourth-order valence-electron chi connectivity index (χ4n) is 1.75. The molecular weight excluding hydrogens is 248 g/mol. The molecule has 1 N–H and O–H groups in total. The lowest BCUT2D eigenvalue weighted by molar-refractivity contribution is 0.431. The Kier molecular flexibility index (Phi) is 4.39. The van der Waals surface area contributed by atoms with Crippen LogP contribution < -0.4 is 5.32 Å². The van der Waals surface area contributed by atoms with Crippen molar-refractivity contribution < 1.29 is 4.52 Å². The molecule has 0 saturated heterocycles. The van der Waals surface area contributed by atoms with Crippen molar-refractivity contribution in [3.05, 3.63) is 41.0 Å². The van der Waals surface area contributed by atoms with Crippen LogP contribution in [0.2, 0.25) is 5.02 Å². The van der Waals surface area contributed by atoms with Crippen molar-refractivity contribution in [2.24, 2.45) is 5.92 Å². The van der Waals surface area contributed by atoms with Crippen LogP contribution in [0.3, 0.4) is 0 Å². The maximum atomic E-state index is 5.98. The van der Waals surface area contributed by atoms with E-state index in [1.165, 1.54) is 0 Å². The van der Waals surface area contributed by atoms with Gasteiger partial charge in [0, 0.05) is 22.7 Å². The number of hydrogen-bond donors (Lipinski definition) is 1. The Bertz CT molecular complexity index is 508. The van der Waals surface area contributed by atoms with Crippen molar-refractivity contribution in [3.8, 4) is 11.3 Å². The van der Waals surface area contributed by atoms with E-state index in [0.29, 0.717) is 10.9 Å². The van der Waals surface area contributed by atoms with Crippen LogP contribution in [0, 0.1) is 5.92 Å². The SMILES string of the molecule is CC(C)CNCc1cnoc1-c1cccc(Cl)c1. The van der Waals surface area contributed by atoms with Crippen LogP contribution in [-0.2, 0) is 6.54 Å². The highest BCUT2D eigenvalue weighted by molar-refractivity contribution is 6.30. The molecule has 0 radical (unpaired) electrons. The fourth-order valence-corrected chi connectivity index (χ4v) is 1.94. The van der Waals surface area contributed by atoms with Gasteiger partial charge in [-0.2, -0.15) is 0 Å². The quantitative estimate of drug-likeness (QED) is 0.894. The third-order valence-corrected chi connectivity index (χ3v) is 2.83. The van der Waals surface area contributed by atoms with Gasteiger partial charge in [0.1, 0.15) is 0 Å². The molecule has 0 bridgehead atoms. The number of halogens is 1. The maximum Gasteiger partial charge on any atom is 0.171 e. The molecule has 0 spiro atoms. The minimum absolute atomic E-state index is 0.625. The van der Waals surface area contributed by atoms with Gasteiger partial charge in [-0.3, -0.25) is 0 Å². The zero-order valence-electron chi connectivity index (χ0n) is 10.6. The average molecular weight is 265 g/mol. The first-order chi connectivity index (χ1) is 8.66. The van der Waals surface area contributed by atoms with Crippen LogP contribution >= 0.6 is 11.6 Å². The van der Waals surface area contributed by atoms with Gasteiger partial charge in [-0.1, -0.05) is 42.7 Å². The van der Waals surface area contributed by atoms with Gasteiger partial charge in [-0.15, -0.1) is 0 Å². The van der Waals surface area contributed by atoms with Gasteiger partial charge in [-0.05, 0) is 24.6 Å². The molecule has 4 heteroatoms. The van der Waals surface area contributed by atoms with Crippen LogP contribution in [-0.4, -0.2) is 11.7 Å². The molecule has 0 saturated carbocycles. The standard InChI is InChI=1S/C14H17ClN2O/c1-10(2)7-16-8-12-9-17-18-14(12)11-4-3-5-13(15)6-11/h3-6,9-10,16H,7-8H2,1-2H3. The molecule has 0 aliphatic rings. The van der Waals surface area contributed by atoms with E-state index in [9.17, 15) is 0 Å². The zero-order valence-corrected chi connectivity index (χ0v) is 11.4. The summed E-state index contributed by atoms with van der Waals surface area (Å²) in [5, 5.41) is 7.95. The average Bonchev–Trinajstić information content (AvgIpc) is 2.77. The Hall–Kier alpha value is -1.32. The summed E-state index contributed by atoms with van der Waals surface area (Å²) in [5.41, 5.74) is 2.01. The van der Waals surface area contributed by atoms with Gasteiger partial charge in [0.25, 0.3) is 0 Å². The van der Waals surface area contributed by atoms with E-state index in [2.05, 4.69) is 24.3 Å². The molecule has 1 heterocycles. The Morgan fingerprint density at radius 2 is 2.22 bits per heavy atom. The topological polar surface area (TPSA) is 38.1 Å². The predicted octanol–water partition coefficient (Wildman–Crippen LogP) is 3.74. The monoisotopic (exact) mass is 264 g/mol. The van der Waals surface area contributed by atoms with Crippen LogP contribution in [0.1, 0.15) is 19.4 Å². The number of nitrogens with zero attached hydrogens (tertiary/aromatic N) is 1. The van der Waals surface area contributed by atoms with Crippen molar-refractivity contribution in [2.45, 2.75) is 20.4 Å². The van der Waals surface area contributed by atoms with Crippen molar-refractivity contribution in [2.75, 3.05) is 6.54 Å². The molecular formula is C14H17ClN2O. The number of benzene rings is 1. The molecule has 2 aromatic rings. The molecule has 3 nitrogen and oxygen atoms in total. The van der Waals surface area contributed by atoms with Crippen LogP contribution in [0.5, 0.6) is 0 Å². The van der Waals surface area contributed by atoms with Crippen LogP contribution in [0.4, 0.5) is 0 Å².